The highest BCUT2D eigenvalue weighted by Gasteiger charge is 2.19. The molecule has 1 aromatic rings. The van der Waals surface area contributed by atoms with Gasteiger partial charge >= 0.3 is 0 Å². The lowest BCUT2D eigenvalue weighted by molar-refractivity contribution is -0.117. The molecule has 0 atom stereocenters. The summed E-state index contributed by atoms with van der Waals surface area (Å²) in [6.45, 7) is 3.95. The van der Waals surface area contributed by atoms with Gasteiger partial charge < -0.3 is 10.6 Å². The first-order chi connectivity index (χ1) is 7.43. The van der Waals surface area contributed by atoms with Crippen molar-refractivity contribution in [3.05, 3.63) is 29.3 Å². The molecular formula is C12H17ClN2O. The third kappa shape index (κ3) is 4.21. The van der Waals surface area contributed by atoms with Crippen LogP contribution in [0.3, 0.4) is 0 Å². The van der Waals surface area contributed by atoms with Crippen LogP contribution in [-0.4, -0.2) is 18.5 Å². The molecule has 0 heterocycles. The van der Waals surface area contributed by atoms with E-state index in [0.717, 1.165) is 5.69 Å². The molecule has 1 amide bonds. The monoisotopic (exact) mass is 240 g/mol. The molecule has 0 aliphatic heterocycles. The number of halogens is 1. The minimum Gasteiger partial charge on any atom is -0.326 e. The van der Waals surface area contributed by atoms with Gasteiger partial charge in [0.1, 0.15) is 0 Å². The summed E-state index contributed by atoms with van der Waals surface area (Å²) < 4.78 is 0. The van der Waals surface area contributed by atoms with Crippen LogP contribution in [0.4, 0.5) is 5.69 Å². The van der Waals surface area contributed by atoms with Crippen LogP contribution in [0.25, 0.3) is 0 Å². The molecule has 0 aliphatic carbocycles. The summed E-state index contributed by atoms with van der Waals surface area (Å²) in [5.74, 6) is -0.0263. The highest BCUT2D eigenvalue weighted by atomic mass is 35.5. The Balaban J connectivity index is 2.59. The Morgan fingerprint density at radius 2 is 2.12 bits per heavy atom. The zero-order valence-corrected chi connectivity index (χ0v) is 10.6. The van der Waals surface area contributed by atoms with E-state index in [1.165, 1.54) is 0 Å². The number of anilines is 1. The first-order valence-electron chi connectivity index (χ1n) is 5.17. The maximum atomic E-state index is 11.7. The lowest BCUT2D eigenvalue weighted by atomic mass is 10.0. The molecule has 88 valence electrons. The molecule has 0 aliphatic rings. The summed E-state index contributed by atoms with van der Waals surface area (Å²) in [5, 5.41) is 6.51. The van der Waals surface area contributed by atoms with Crippen LogP contribution in [0, 0.1) is 0 Å². The van der Waals surface area contributed by atoms with Crippen molar-refractivity contribution in [3.63, 3.8) is 0 Å². The van der Waals surface area contributed by atoms with Crippen molar-refractivity contribution in [2.24, 2.45) is 0 Å². The van der Waals surface area contributed by atoms with Crippen molar-refractivity contribution >= 4 is 23.2 Å². The topological polar surface area (TPSA) is 41.1 Å². The number of benzene rings is 1. The van der Waals surface area contributed by atoms with E-state index in [-0.39, 0.29) is 11.4 Å². The molecular weight excluding hydrogens is 224 g/mol. The fraction of sp³-hybridized carbons (Fsp3) is 0.417. The van der Waals surface area contributed by atoms with Gasteiger partial charge in [-0.25, -0.2) is 0 Å². The number of amides is 1. The van der Waals surface area contributed by atoms with Gasteiger partial charge in [-0.3, -0.25) is 4.79 Å². The van der Waals surface area contributed by atoms with Crippen molar-refractivity contribution in [3.8, 4) is 0 Å². The van der Waals surface area contributed by atoms with Gasteiger partial charge in [-0.2, -0.15) is 0 Å². The third-order valence-corrected chi connectivity index (χ3v) is 2.62. The molecule has 0 bridgehead atoms. The van der Waals surface area contributed by atoms with Crippen LogP contribution >= 0.6 is 11.6 Å². The van der Waals surface area contributed by atoms with Crippen molar-refractivity contribution in [2.75, 3.05) is 12.4 Å². The predicted molar refractivity (Wildman–Crippen MR) is 67.8 cm³/mol. The molecule has 0 saturated carbocycles. The first kappa shape index (κ1) is 13.0. The molecule has 2 N–H and O–H groups in total. The molecule has 0 radical (unpaired) electrons. The number of rotatable bonds is 4. The molecule has 0 aromatic heterocycles. The highest BCUT2D eigenvalue weighted by molar-refractivity contribution is 6.30. The van der Waals surface area contributed by atoms with Gasteiger partial charge in [0.05, 0.1) is 0 Å². The molecule has 0 unspecified atom stereocenters. The molecule has 3 nitrogen and oxygen atoms in total. The SMILES string of the molecule is CNC(C)(C)CC(=O)Nc1cccc(Cl)c1. The molecule has 0 saturated heterocycles. The number of carbonyl (C=O) groups is 1. The lowest BCUT2D eigenvalue weighted by Gasteiger charge is -2.23. The smallest absolute Gasteiger partial charge is 0.226 e. The van der Waals surface area contributed by atoms with Gasteiger partial charge in [0.25, 0.3) is 0 Å². The minimum absolute atomic E-state index is 0.0263. The fourth-order valence-electron chi connectivity index (χ4n) is 1.26. The van der Waals surface area contributed by atoms with Crippen LogP contribution < -0.4 is 10.6 Å². The summed E-state index contributed by atoms with van der Waals surface area (Å²) in [6.07, 6.45) is 0.413. The minimum atomic E-state index is -0.206. The predicted octanol–water partition coefficient (Wildman–Crippen LogP) is 2.67. The summed E-state index contributed by atoms with van der Waals surface area (Å²) in [4.78, 5) is 11.7. The fourth-order valence-corrected chi connectivity index (χ4v) is 1.45. The Hall–Kier alpha value is -1.06. The summed E-state index contributed by atoms with van der Waals surface area (Å²) in [6, 6.07) is 7.12. The van der Waals surface area contributed by atoms with Crippen molar-refractivity contribution in [1.82, 2.24) is 5.32 Å². The average Bonchev–Trinajstić information content (AvgIpc) is 2.16. The number of carbonyl (C=O) groups excluding carboxylic acids is 1. The molecule has 1 rings (SSSR count). The second-order valence-electron chi connectivity index (χ2n) is 4.37. The van der Waals surface area contributed by atoms with Crippen LogP contribution in [0.2, 0.25) is 5.02 Å². The van der Waals surface area contributed by atoms with Gasteiger partial charge in [0.2, 0.25) is 5.91 Å². The van der Waals surface area contributed by atoms with Gasteiger partial charge in [-0.1, -0.05) is 17.7 Å². The Morgan fingerprint density at radius 3 is 2.69 bits per heavy atom. The maximum Gasteiger partial charge on any atom is 0.226 e. The Kier molecular flexibility index (Phi) is 4.33. The Bertz CT molecular complexity index is 377. The van der Waals surface area contributed by atoms with E-state index < -0.39 is 0 Å². The molecule has 0 spiro atoms. The highest BCUT2D eigenvalue weighted by Crippen LogP contribution is 2.16. The Morgan fingerprint density at radius 1 is 1.44 bits per heavy atom. The maximum absolute atomic E-state index is 11.7. The largest absolute Gasteiger partial charge is 0.326 e. The van der Waals surface area contributed by atoms with Crippen LogP contribution in [0.5, 0.6) is 0 Å². The van der Waals surface area contributed by atoms with E-state index in [1.807, 2.05) is 27.0 Å². The quantitative estimate of drug-likeness (QED) is 0.850. The zero-order chi connectivity index (χ0) is 12.2. The average molecular weight is 241 g/mol. The van der Waals surface area contributed by atoms with Gasteiger partial charge in [-0.05, 0) is 39.1 Å². The van der Waals surface area contributed by atoms with E-state index >= 15 is 0 Å². The number of hydrogen-bond donors (Lipinski definition) is 2. The van der Waals surface area contributed by atoms with E-state index in [9.17, 15) is 4.79 Å². The zero-order valence-electron chi connectivity index (χ0n) is 9.80. The van der Waals surface area contributed by atoms with E-state index in [1.54, 1.807) is 18.2 Å². The summed E-state index contributed by atoms with van der Waals surface area (Å²) in [7, 11) is 1.84. The summed E-state index contributed by atoms with van der Waals surface area (Å²) >= 11 is 5.83. The second-order valence-corrected chi connectivity index (χ2v) is 4.81. The number of hydrogen-bond acceptors (Lipinski definition) is 2. The second kappa shape index (κ2) is 5.32. The van der Waals surface area contributed by atoms with E-state index in [2.05, 4.69) is 10.6 Å². The summed E-state index contributed by atoms with van der Waals surface area (Å²) in [5.41, 5.74) is 0.521. The van der Waals surface area contributed by atoms with Gasteiger partial charge in [-0.15, -0.1) is 0 Å². The van der Waals surface area contributed by atoms with Gasteiger partial charge in [0.15, 0.2) is 0 Å². The molecule has 0 fully saturated rings. The first-order valence-corrected chi connectivity index (χ1v) is 5.55. The van der Waals surface area contributed by atoms with E-state index in [0.29, 0.717) is 11.4 Å². The van der Waals surface area contributed by atoms with E-state index in [4.69, 9.17) is 11.6 Å². The van der Waals surface area contributed by atoms with Crippen LogP contribution in [0.15, 0.2) is 24.3 Å². The molecule has 16 heavy (non-hydrogen) atoms. The van der Waals surface area contributed by atoms with Crippen molar-refractivity contribution in [2.45, 2.75) is 25.8 Å². The van der Waals surface area contributed by atoms with Crippen molar-refractivity contribution in [1.29, 1.82) is 0 Å². The van der Waals surface area contributed by atoms with Crippen LogP contribution in [-0.2, 0) is 4.79 Å². The molecule has 1 aromatic carbocycles. The van der Waals surface area contributed by atoms with Gasteiger partial charge in [0, 0.05) is 22.7 Å². The van der Waals surface area contributed by atoms with Crippen molar-refractivity contribution < 1.29 is 4.79 Å². The van der Waals surface area contributed by atoms with Crippen LogP contribution in [0.1, 0.15) is 20.3 Å². The normalized spacial score (nSPS) is 11.2. The Labute approximate surface area is 101 Å². The third-order valence-electron chi connectivity index (χ3n) is 2.39. The lowest BCUT2D eigenvalue weighted by Crippen LogP contribution is -2.39. The molecule has 4 heteroatoms. The standard InChI is InChI=1S/C12H17ClN2O/c1-12(2,14-3)8-11(16)15-10-6-4-5-9(13)7-10/h4-7,14H,8H2,1-3H3,(H,15,16). The number of nitrogens with one attached hydrogen (secondary N) is 2.